The van der Waals surface area contributed by atoms with Crippen LogP contribution in [0.1, 0.15) is 58.4 Å². The summed E-state index contributed by atoms with van der Waals surface area (Å²) >= 11 is -2.65. The average molecular weight is 545 g/mol. The van der Waals surface area contributed by atoms with Gasteiger partial charge >= 0.3 is 232 Å². The van der Waals surface area contributed by atoms with E-state index in [4.69, 9.17) is 0 Å². The van der Waals surface area contributed by atoms with Crippen LogP contribution < -0.4 is 0 Å². The van der Waals surface area contributed by atoms with Gasteiger partial charge in [0.25, 0.3) is 0 Å². The Morgan fingerprint density at radius 2 is 1.05 bits per heavy atom. The molecule has 4 aromatic rings. The van der Waals surface area contributed by atoms with Crippen molar-refractivity contribution in [2.24, 2.45) is 0 Å². The van der Waals surface area contributed by atoms with Crippen LogP contribution >= 0.6 is 0 Å². The number of benzene rings is 4. The van der Waals surface area contributed by atoms with Gasteiger partial charge in [0.1, 0.15) is 0 Å². The van der Waals surface area contributed by atoms with E-state index in [1.165, 1.54) is 25.7 Å². The second kappa shape index (κ2) is 6.57. The first kappa shape index (κ1) is 22.6. The molecule has 4 aliphatic carbocycles. The molecule has 2 unspecified atom stereocenters. The number of hydrogen-bond acceptors (Lipinski definition) is 0. The minimum atomic E-state index is -2.65. The van der Waals surface area contributed by atoms with E-state index in [0.717, 1.165) is 0 Å². The first-order chi connectivity index (χ1) is 18.2. The minimum absolute atomic E-state index is 0.333. The van der Waals surface area contributed by atoms with Crippen LogP contribution in [0.4, 0.5) is 0 Å². The van der Waals surface area contributed by atoms with Crippen molar-refractivity contribution in [3.8, 4) is 0 Å². The first-order valence-corrected chi connectivity index (χ1v) is 22.4. The standard InChI is InChI=1S/C34H30Si.2CH3.Ti/c1-19-15-27-25-9-5-7-21-11-13-23(31(21)25)17-29(27)33(19)35(3,4)34-20(2)16-28-26-10-6-8-22-12-14-24(32(22)26)18-30(28)34;;;/h5-10,15-18H,11-14H2,1-4H3;2*1H3;. The van der Waals surface area contributed by atoms with E-state index in [-0.39, 0.29) is 0 Å². The van der Waals surface area contributed by atoms with Crippen molar-refractivity contribution >= 4 is 41.8 Å². The Balaban J connectivity index is 1.36. The number of allylic oxidation sites excluding steroid dienone is 2. The number of rotatable bonds is 0. The van der Waals surface area contributed by atoms with E-state index < -0.39 is 24.7 Å². The second-order valence-electron chi connectivity index (χ2n) is 14.1. The molecule has 0 amide bonds. The predicted octanol–water partition coefficient (Wildman–Crippen LogP) is 9.17. The van der Waals surface area contributed by atoms with Gasteiger partial charge in [-0.1, -0.05) is 0 Å². The fourth-order valence-electron chi connectivity index (χ4n) is 12.1. The molecule has 0 N–H and O–H groups in total. The maximum atomic E-state index is 2.83. The zero-order chi connectivity index (χ0) is 26.0. The molecule has 4 aromatic carbocycles. The van der Waals surface area contributed by atoms with Crippen molar-refractivity contribution in [2.45, 2.75) is 69.8 Å². The molecule has 0 saturated carbocycles. The molecule has 2 spiro atoms. The monoisotopic (exact) mass is 544 g/mol. The molecule has 0 nitrogen and oxygen atoms in total. The van der Waals surface area contributed by atoms with Crippen LogP contribution in [0, 0.1) is 0 Å². The van der Waals surface area contributed by atoms with E-state index in [1.54, 1.807) is 77.2 Å². The third-order valence-corrected chi connectivity index (χ3v) is 36.5. The van der Waals surface area contributed by atoms with Crippen LogP contribution in [-0.4, -0.2) is 8.07 Å². The van der Waals surface area contributed by atoms with Gasteiger partial charge in [-0.3, -0.25) is 0 Å². The summed E-state index contributed by atoms with van der Waals surface area (Å²) in [7, 11) is -1.91. The van der Waals surface area contributed by atoms with Crippen LogP contribution in [0.15, 0.2) is 59.7 Å². The summed E-state index contributed by atoms with van der Waals surface area (Å²) in [4.78, 5) is 0. The summed E-state index contributed by atoms with van der Waals surface area (Å²) in [6.45, 7) is 10.6. The predicted molar refractivity (Wildman–Crippen MR) is 163 cm³/mol. The van der Waals surface area contributed by atoms with Crippen LogP contribution in [0.2, 0.25) is 23.6 Å². The molecule has 1 saturated heterocycles. The third kappa shape index (κ3) is 1.97. The van der Waals surface area contributed by atoms with Gasteiger partial charge in [0.05, 0.1) is 0 Å². The van der Waals surface area contributed by atoms with E-state index in [1.807, 2.05) is 0 Å². The molecule has 5 aliphatic rings. The normalized spacial score (nSPS) is 28.3. The quantitative estimate of drug-likeness (QED) is 0.194. The molecule has 38 heavy (non-hydrogen) atoms. The molecule has 0 bridgehead atoms. The van der Waals surface area contributed by atoms with Gasteiger partial charge in [0, 0.05) is 0 Å². The van der Waals surface area contributed by atoms with E-state index in [2.05, 4.69) is 98.1 Å². The Bertz CT molecular complexity index is 1750. The van der Waals surface area contributed by atoms with Gasteiger partial charge in [-0.25, -0.2) is 0 Å². The van der Waals surface area contributed by atoms with Gasteiger partial charge < -0.3 is 0 Å². The fraction of sp³-hybridized carbons (Fsp3) is 0.333. The summed E-state index contributed by atoms with van der Waals surface area (Å²) in [5.74, 6) is 0. The van der Waals surface area contributed by atoms with Gasteiger partial charge in [-0.05, 0) is 0 Å². The topological polar surface area (TPSA) is 0 Å². The summed E-state index contributed by atoms with van der Waals surface area (Å²) in [6.07, 6.45) is 10.2. The fourth-order valence-corrected chi connectivity index (χ4v) is 43.3. The van der Waals surface area contributed by atoms with E-state index >= 15 is 0 Å². The Hall–Kier alpha value is -2.19. The summed E-state index contributed by atoms with van der Waals surface area (Å²) in [5.41, 5.74) is 16.5. The summed E-state index contributed by atoms with van der Waals surface area (Å²) in [5, 5.41) is 11.9. The molecule has 1 fully saturated rings. The number of fused-ring (bicyclic) bond motifs is 6. The van der Waals surface area contributed by atoms with Gasteiger partial charge in [-0.2, -0.15) is 0 Å². The Morgan fingerprint density at radius 3 is 1.47 bits per heavy atom. The Labute approximate surface area is 231 Å². The SMILES string of the molecule is CC1=Cc2c(cc3c4c(cccc24)CC3)[C]12[Si](C)(C)[C]1(C(C)=Cc3c1cc1c4c(cccc34)CC1)[Ti]2([CH3])[CH3]. The third-order valence-electron chi connectivity index (χ3n) is 12.5. The van der Waals surface area contributed by atoms with Crippen molar-refractivity contribution in [2.75, 3.05) is 0 Å². The van der Waals surface area contributed by atoms with Gasteiger partial charge in [-0.15, -0.1) is 0 Å². The van der Waals surface area contributed by atoms with Crippen molar-refractivity contribution in [3.63, 3.8) is 0 Å². The van der Waals surface area contributed by atoms with Crippen molar-refractivity contribution in [3.05, 3.63) is 104 Å². The van der Waals surface area contributed by atoms with Crippen LogP contribution in [0.25, 0.3) is 33.7 Å². The molecule has 9 rings (SSSR count). The molecule has 188 valence electrons. The summed E-state index contributed by atoms with van der Waals surface area (Å²) < 4.78 is 0.666. The molecule has 1 heterocycles. The second-order valence-corrected chi connectivity index (χ2v) is 27.8. The van der Waals surface area contributed by atoms with Crippen molar-refractivity contribution in [1.29, 1.82) is 0 Å². The number of hydrogen-bond donors (Lipinski definition) is 0. The molecule has 2 heteroatoms. The van der Waals surface area contributed by atoms with Crippen molar-refractivity contribution in [1.82, 2.24) is 0 Å². The molecule has 1 aliphatic heterocycles. The van der Waals surface area contributed by atoms with Crippen LogP contribution in [0.5, 0.6) is 0 Å². The Morgan fingerprint density at radius 1 is 0.632 bits per heavy atom. The molecule has 0 aromatic heterocycles. The average Bonchev–Trinajstić information content (AvgIpc) is 3.63. The zero-order valence-corrected chi connectivity index (χ0v) is 26.2. The van der Waals surface area contributed by atoms with Crippen LogP contribution in [-0.2, 0) is 49.0 Å². The number of aryl methyl sites for hydroxylation is 4. The first-order valence-electron chi connectivity index (χ1n) is 14.7. The van der Waals surface area contributed by atoms with Gasteiger partial charge in [0.15, 0.2) is 0 Å². The van der Waals surface area contributed by atoms with E-state index in [0.29, 0.717) is 6.69 Å². The Kier molecular flexibility index (Phi) is 3.91. The molecule has 2 atom stereocenters. The summed E-state index contributed by atoms with van der Waals surface area (Å²) in [6, 6.07) is 19.7. The molecular formula is C36H36SiTi. The molecular weight excluding hydrogens is 508 g/mol. The maximum absolute atomic E-state index is 2.83. The van der Waals surface area contributed by atoms with Crippen LogP contribution in [0.3, 0.4) is 0 Å². The van der Waals surface area contributed by atoms with E-state index in [9.17, 15) is 0 Å². The molecule has 0 radical (unpaired) electrons. The zero-order valence-electron chi connectivity index (χ0n) is 23.6. The van der Waals surface area contributed by atoms with Gasteiger partial charge in [0.2, 0.25) is 0 Å². The van der Waals surface area contributed by atoms with Crippen molar-refractivity contribution < 1.29 is 16.6 Å².